The van der Waals surface area contributed by atoms with Crippen LogP contribution in [-0.4, -0.2) is 50.0 Å². The summed E-state index contributed by atoms with van der Waals surface area (Å²) in [4.78, 5) is 23.4. The summed E-state index contributed by atoms with van der Waals surface area (Å²) in [5.74, 6) is -0.975. The van der Waals surface area contributed by atoms with Gasteiger partial charge in [-0.2, -0.15) is 0 Å². The summed E-state index contributed by atoms with van der Waals surface area (Å²) in [6.45, 7) is 1.93. The molecular weight excluding hydrogens is 269 g/mol. The SMILES string of the molecule is [B]CC[C@@H]1CC[C@@H](CNC(=O)[C@H](C)N)[C@@](NC)(C(=O)O)C1. The van der Waals surface area contributed by atoms with E-state index in [0.29, 0.717) is 25.2 Å². The third-order valence-electron chi connectivity index (χ3n) is 4.57. The van der Waals surface area contributed by atoms with E-state index in [-0.39, 0.29) is 11.8 Å². The summed E-state index contributed by atoms with van der Waals surface area (Å²) in [7, 11) is 7.26. The van der Waals surface area contributed by atoms with Gasteiger partial charge < -0.3 is 21.5 Å². The highest BCUT2D eigenvalue weighted by Gasteiger charge is 2.48. The quantitative estimate of drug-likeness (QED) is 0.490. The number of rotatable bonds is 7. The molecule has 0 heterocycles. The summed E-state index contributed by atoms with van der Waals surface area (Å²) in [6.07, 6.45) is 3.62. The van der Waals surface area contributed by atoms with Gasteiger partial charge in [-0.15, -0.1) is 0 Å². The minimum absolute atomic E-state index is 0.156. The highest BCUT2D eigenvalue weighted by Crippen LogP contribution is 2.39. The first kappa shape index (κ1) is 18.0. The molecule has 1 rings (SSSR count). The van der Waals surface area contributed by atoms with Crippen LogP contribution >= 0.6 is 0 Å². The van der Waals surface area contributed by atoms with Crippen LogP contribution in [0.3, 0.4) is 0 Å². The fourth-order valence-corrected chi connectivity index (χ4v) is 3.23. The zero-order chi connectivity index (χ0) is 16.0. The van der Waals surface area contributed by atoms with E-state index < -0.39 is 17.6 Å². The first-order valence-electron chi connectivity index (χ1n) is 7.53. The van der Waals surface area contributed by atoms with Crippen LogP contribution in [0.1, 0.15) is 32.6 Å². The van der Waals surface area contributed by atoms with E-state index in [1.165, 1.54) is 0 Å². The van der Waals surface area contributed by atoms with Gasteiger partial charge in [-0.1, -0.05) is 12.7 Å². The molecule has 2 radical (unpaired) electrons. The van der Waals surface area contributed by atoms with Crippen LogP contribution in [0, 0.1) is 11.8 Å². The van der Waals surface area contributed by atoms with Crippen LogP contribution in [0.5, 0.6) is 0 Å². The molecule has 1 aliphatic carbocycles. The van der Waals surface area contributed by atoms with E-state index >= 15 is 0 Å². The molecule has 0 spiro atoms. The monoisotopic (exact) mass is 295 g/mol. The second kappa shape index (κ2) is 7.80. The highest BCUT2D eigenvalue weighted by molar-refractivity contribution is 6.08. The number of likely N-dealkylation sites (N-methyl/N-ethyl adjacent to an activating group) is 1. The molecule has 0 aromatic heterocycles. The zero-order valence-electron chi connectivity index (χ0n) is 12.9. The number of carbonyl (C=O) groups excluding carboxylic acids is 1. The fraction of sp³-hybridized carbons (Fsp3) is 0.857. The Bertz CT molecular complexity index is 378. The van der Waals surface area contributed by atoms with Crippen molar-refractivity contribution >= 4 is 19.7 Å². The molecule has 0 bridgehead atoms. The number of hydrogen-bond donors (Lipinski definition) is 4. The van der Waals surface area contributed by atoms with Crippen molar-refractivity contribution in [1.29, 1.82) is 0 Å². The predicted molar refractivity (Wildman–Crippen MR) is 82.1 cm³/mol. The number of aliphatic carboxylic acids is 1. The molecule has 0 saturated heterocycles. The summed E-state index contributed by atoms with van der Waals surface area (Å²) < 4.78 is 0. The normalized spacial score (nSPS) is 30.6. The van der Waals surface area contributed by atoms with Gasteiger partial charge >= 0.3 is 5.97 Å². The average molecular weight is 295 g/mol. The van der Waals surface area contributed by atoms with E-state index in [2.05, 4.69) is 10.6 Å². The predicted octanol–water partition coefficient (Wildman–Crippen LogP) is -0.114. The van der Waals surface area contributed by atoms with Crippen molar-refractivity contribution in [3.8, 4) is 0 Å². The topological polar surface area (TPSA) is 104 Å². The van der Waals surface area contributed by atoms with Crippen LogP contribution in [0.15, 0.2) is 0 Å². The smallest absolute Gasteiger partial charge is 0.324 e. The Labute approximate surface area is 127 Å². The van der Waals surface area contributed by atoms with Crippen molar-refractivity contribution in [1.82, 2.24) is 10.6 Å². The fourth-order valence-electron chi connectivity index (χ4n) is 3.23. The first-order chi connectivity index (χ1) is 9.87. The number of hydrogen-bond acceptors (Lipinski definition) is 4. The first-order valence-corrected chi connectivity index (χ1v) is 7.53. The lowest BCUT2D eigenvalue weighted by Gasteiger charge is -2.44. The van der Waals surface area contributed by atoms with Crippen LogP contribution in [0.4, 0.5) is 0 Å². The van der Waals surface area contributed by atoms with Gasteiger partial charge in [-0.05, 0) is 39.2 Å². The summed E-state index contributed by atoms with van der Waals surface area (Å²) >= 11 is 0. The van der Waals surface area contributed by atoms with Gasteiger partial charge in [0.15, 0.2) is 0 Å². The second-order valence-electron chi connectivity index (χ2n) is 5.98. The molecule has 21 heavy (non-hydrogen) atoms. The highest BCUT2D eigenvalue weighted by atomic mass is 16.4. The van der Waals surface area contributed by atoms with Gasteiger partial charge in [0.2, 0.25) is 5.91 Å². The Hall–Kier alpha value is -1.08. The van der Waals surface area contributed by atoms with Crippen molar-refractivity contribution in [3.05, 3.63) is 0 Å². The molecule has 5 N–H and O–H groups in total. The Morgan fingerprint density at radius 1 is 1.48 bits per heavy atom. The van der Waals surface area contributed by atoms with Crippen LogP contribution < -0.4 is 16.4 Å². The van der Waals surface area contributed by atoms with E-state index in [4.69, 9.17) is 13.6 Å². The lowest BCUT2D eigenvalue weighted by molar-refractivity contribution is -0.150. The molecule has 0 unspecified atom stereocenters. The van der Waals surface area contributed by atoms with E-state index in [9.17, 15) is 14.7 Å². The molecule has 0 aliphatic heterocycles. The molecule has 1 amide bonds. The van der Waals surface area contributed by atoms with Gasteiger partial charge in [0.1, 0.15) is 5.54 Å². The van der Waals surface area contributed by atoms with E-state index in [0.717, 1.165) is 19.3 Å². The maximum absolute atomic E-state index is 11.8. The maximum Gasteiger partial charge on any atom is 0.324 e. The molecule has 7 heteroatoms. The van der Waals surface area contributed by atoms with Gasteiger partial charge in [0.05, 0.1) is 13.9 Å². The number of carboxylic acids is 1. The van der Waals surface area contributed by atoms with Crippen molar-refractivity contribution in [2.24, 2.45) is 17.6 Å². The number of nitrogens with one attached hydrogen (secondary N) is 2. The largest absolute Gasteiger partial charge is 0.480 e. The lowest BCUT2D eigenvalue weighted by atomic mass is 9.66. The Balaban J connectivity index is 2.80. The third kappa shape index (κ3) is 4.20. The summed E-state index contributed by atoms with van der Waals surface area (Å²) in [6, 6.07) is -0.590. The average Bonchev–Trinajstić information content (AvgIpc) is 2.45. The van der Waals surface area contributed by atoms with Gasteiger partial charge in [-0.3, -0.25) is 9.59 Å². The van der Waals surface area contributed by atoms with Gasteiger partial charge in [0.25, 0.3) is 0 Å². The molecular formula is C14H26BN3O3. The molecule has 118 valence electrons. The minimum Gasteiger partial charge on any atom is -0.480 e. The maximum atomic E-state index is 11.8. The second-order valence-corrected chi connectivity index (χ2v) is 5.98. The Morgan fingerprint density at radius 2 is 2.14 bits per heavy atom. The van der Waals surface area contributed by atoms with Crippen LogP contribution in [0.2, 0.25) is 6.32 Å². The number of carboxylic acid groups (broad SMARTS) is 1. The van der Waals surface area contributed by atoms with Gasteiger partial charge in [0, 0.05) is 12.5 Å². The Morgan fingerprint density at radius 3 is 2.62 bits per heavy atom. The van der Waals surface area contributed by atoms with Crippen LogP contribution in [0.25, 0.3) is 0 Å². The zero-order valence-corrected chi connectivity index (χ0v) is 12.9. The lowest BCUT2D eigenvalue weighted by Crippen LogP contribution is -2.61. The van der Waals surface area contributed by atoms with Crippen molar-refractivity contribution in [2.45, 2.75) is 50.5 Å². The minimum atomic E-state index is -1.01. The van der Waals surface area contributed by atoms with Crippen molar-refractivity contribution in [3.63, 3.8) is 0 Å². The van der Waals surface area contributed by atoms with E-state index in [1.807, 2.05) is 0 Å². The summed E-state index contributed by atoms with van der Waals surface area (Å²) in [5.41, 5.74) is 4.50. The molecule has 0 aromatic rings. The number of nitrogens with two attached hydrogens (primary N) is 1. The van der Waals surface area contributed by atoms with E-state index in [1.54, 1.807) is 14.0 Å². The molecule has 1 aliphatic rings. The summed E-state index contributed by atoms with van der Waals surface area (Å²) in [5, 5.41) is 15.4. The molecule has 1 saturated carbocycles. The number of amides is 1. The van der Waals surface area contributed by atoms with Gasteiger partial charge in [-0.25, -0.2) is 0 Å². The standard InChI is InChI=1S/C14H26BN3O3/c1-9(16)12(19)18-8-11-4-3-10(5-6-15)7-14(11,17-2)13(20)21/h9-11,17H,3-8,16H2,1-2H3,(H,18,19)(H,20,21)/t9-,10-,11-,14+/m0/s1. The Kier molecular flexibility index (Phi) is 6.67. The van der Waals surface area contributed by atoms with Crippen LogP contribution in [-0.2, 0) is 9.59 Å². The van der Waals surface area contributed by atoms with Crippen molar-refractivity contribution < 1.29 is 14.7 Å². The molecule has 1 fully saturated rings. The third-order valence-corrected chi connectivity index (χ3v) is 4.57. The van der Waals surface area contributed by atoms with Crippen molar-refractivity contribution in [2.75, 3.05) is 13.6 Å². The molecule has 4 atom stereocenters. The number of carbonyl (C=O) groups is 2. The molecule has 0 aromatic carbocycles. The molecule has 6 nitrogen and oxygen atoms in total.